The molecule has 2 aromatic rings. The van der Waals surface area contributed by atoms with E-state index >= 15 is 0 Å². The lowest BCUT2D eigenvalue weighted by Gasteiger charge is -2.32. The van der Waals surface area contributed by atoms with Crippen LogP contribution in [0.3, 0.4) is 0 Å². The standard InChI is InChI=1S/C24H24F6N2O6S/c1-13(12-38-2)21(34)32-11-14-10-17(39(3,36)37)8-9-18(14)19(32)20(33)31-16-6-4-15(5-7-16)22(35,23(25,26)27)24(28,29)30/h4-10,13,19,35H,11-12H2,1-3H3,(H,31,33). The van der Waals surface area contributed by atoms with Crippen LogP contribution < -0.4 is 5.32 Å². The van der Waals surface area contributed by atoms with E-state index in [2.05, 4.69) is 5.32 Å². The molecule has 39 heavy (non-hydrogen) atoms. The minimum Gasteiger partial charge on any atom is -0.384 e. The first-order valence-corrected chi connectivity index (χ1v) is 13.1. The van der Waals surface area contributed by atoms with Crippen molar-refractivity contribution in [2.24, 2.45) is 5.92 Å². The van der Waals surface area contributed by atoms with Crippen molar-refractivity contribution in [1.29, 1.82) is 0 Å². The number of nitrogens with zero attached hydrogens (tertiary/aromatic N) is 1. The molecule has 0 spiro atoms. The molecule has 0 bridgehead atoms. The molecular formula is C24H24F6N2O6S. The number of alkyl halides is 6. The molecule has 15 heteroatoms. The third-order valence-electron chi connectivity index (χ3n) is 6.25. The summed E-state index contributed by atoms with van der Waals surface area (Å²) in [5, 5.41) is 11.9. The normalized spacial score (nSPS) is 17.1. The Labute approximate surface area is 219 Å². The third kappa shape index (κ3) is 5.75. The minimum atomic E-state index is -6.08. The quantitative estimate of drug-likeness (QED) is 0.482. The predicted octanol–water partition coefficient (Wildman–Crippen LogP) is 3.71. The van der Waals surface area contributed by atoms with Crippen LogP contribution in [0, 0.1) is 5.92 Å². The van der Waals surface area contributed by atoms with Crippen LogP contribution >= 0.6 is 0 Å². The highest BCUT2D eigenvalue weighted by Crippen LogP contribution is 2.50. The lowest BCUT2D eigenvalue weighted by molar-refractivity contribution is -0.376. The van der Waals surface area contributed by atoms with E-state index in [-0.39, 0.29) is 29.3 Å². The van der Waals surface area contributed by atoms with Crippen molar-refractivity contribution in [1.82, 2.24) is 4.90 Å². The average molecular weight is 583 g/mol. The number of sulfone groups is 1. The number of aliphatic hydroxyl groups is 1. The second-order valence-corrected chi connectivity index (χ2v) is 11.1. The van der Waals surface area contributed by atoms with Crippen molar-refractivity contribution in [3.8, 4) is 0 Å². The fraction of sp³-hybridized carbons (Fsp3) is 0.417. The van der Waals surface area contributed by atoms with E-state index in [0.717, 1.165) is 18.4 Å². The number of hydrogen-bond acceptors (Lipinski definition) is 6. The van der Waals surface area contributed by atoms with Gasteiger partial charge >= 0.3 is 12.4 Å². The van der Waals surface area contributed by atoms with E-state index in [1.165, 1.54) is 30.2 Å². The molecule has 2 N–H and O–H groups in total. The van der Waals surface area contributed by atoms with E-state index in [9.17, 15) is 49.5 Å². The Balaban J connectivity index is 1.96. The van der Waals surface area contributed by atoms with E-state index in [4.69, 9.17) is 4.74 Å². The summed E-state index contributed by atoms with van der Waals surface area (Å²) < 4.78 is 108. The number of anilines is 1. The molecule has 3 rings (SSSR count). The average Bonchev–Trinajstić information content (AvgIpc) is 3.20. The minimum absolute atomic E-state index is 0.0113. The Morgan fingerprint density at radius 1 is 1.08 bits per heavy atom. The summed E-state index contributed by atoms with van der Waals surface area (Å²) in [6.07, 6.45) is -11.2. The monoisotopic (exact) mass is 582 g/mol. The first-order valence-electron chi connectivity index (χ1n) is 11.2. The number of nitrogens with one attached hydrogen (secondary N) is 1. The molecule has 2 amide bonds. The molecule has 0 saturated heterocycles. The zero-order valence-corrected chi connectivity index (χ0v) is 21.5. The number of carbonyl (C=O) groups excluding carboxylic acids is 2. The van der Waals surface area contributed by atoms with Crippen molar-refractivity contribution in [3.63, 3.8) is 0 Å². The predicted molar refractivity (Wildman–Crippen MR) is 125 cm³/mol. The van der Waals surface area contributed by atoms with Crippen molar-refractivity contribution in [2.45, 2.75) is 42.4 Å². The van der Waals surface area contributed by atoms with Gasteiger partial charge < -0.3 is 20.1 Å². The van der Waals surface area contributed by atoms with E-state index < -0.39 is 57.1 Å². The van der Waals surface area contributed by atoms with Crippen molar-refractivity contribution in [2.75, 3.05) is 25.3 Å². The van der Waals surface area contributed by atoms with Crippen molar-refractivity contribution < 1.29 is 54.2 Å². The van der Waals surface area contributed by atoms with Crippen LogP contribution in [0.15, 0.2) is 47.4 Å². The largest absolute Gasteiger partial charge is 0.430 e. The van der Waals surface area contributed by atoms with Gasteiger partial charge in [0.25, 0.3) is 11.5 Å². The molecule has 0 fully saturated rings. The second kappa shape index (κ2) is 10.4. The maximum atomic E-state index is 13.3. The topological polar surface area (TPSA) is 113 Å². The molecule has 0 aromatic heterocycles. The molecule has 2 unspecified atom stereocenters. The number of methoxy groups -OCH3 is 1. The molecule has 1 aliphatic heterocycles. The van der Waals surface area contributed by atoms with Crippen molar-refractivity contribution in [3.05, 3.63) is 59.2 Å². The molecule has 1 heterocycles. The summed E-state index contributed by atoms with van der Waals surface area (Å²) in [5.74, 6) is -2.06. The molecule has 0 aliphatic carbocycles. The van der Waals surface area contributed by atoms with Gasteiger partial charge in [0.1, 0.15) is 6.04 Å². The van der Waals surface area contributed by atoms with Crippen LogP contribution in [-0.4, -0.2) is 62.6 Å². The summed E-state index contributed by atoms with van der Waals surface area (Å²) in [7, 11) is -2.25. The number of ether oxygens (including phenoxy) is 1. The fourth-order valence-electron chi connectivity index (χ4n) is 4.24. The van der Waals surface area contributed by atoms with Crippen LogP contribution in [0.1, 0.15) is 29.7 Å². The summed E-state index contributed by atoms with van der Waals surface area (Å²) in [6.45, 7) is 1.43. The molecular weight excluding hydrogens is 558 g/mol. The lowest BCUT2D eigenvalue weighted by Crippen LogP contribution is -2.53. The van der Waals surface area contributed by atoms with Gasteiger partial charge in [-0.05, 0) is 35.4 Å². The van der Waals surface area contributed by atoms with Crippen molar-refractivity contribution >= 4 is 27.3 Å². The lowest BCUT2D eigenvalue weighted by atomic mass is 9.92. The summed E-state index contributed by atoms with van der Waals surface area (Å²) in [6, 6.07) is 4.90. The first-order chi connectivity index (χ1) is 17.8. The molecule has 2 aromatic carbocycles. The number of benzene rings is 2. The van der Waals surface area contributed by atoms with E-state index in [1.54, 1.807) is 6.92 Å². The SMILES string of the molecule is COCC(C)C(=O)N1Cc2cc(S(C)(=O)=O)ccc2C1C(=O)Nc1ccc(C(O)(C(F)(F)F)C(F)(F)F)cc1. The van der Waals surface area contributed by atoms with Crippen LogP contribution in [0.5, 0.6) is 0 Å². The van der Waals surface area contributed by atoms with Gasteiger partial charge in [0.15, 0.2) is 9.84 Å². The molecule has 0 radical (unpaired) electrons. The van der Waals surface area contributed by atoms with E-state index in [0.29, 0.717) is 17.7 Å². The van der Waals surface area contributed by atoms with Crippen LogP contribution in [0.4, 0.5) is 32.0 Å². The number of rotatable bonds is 7. The van der Waals surface area contributed by atoms with Gasteiger partial charge in [-0.15, -0.1) is 0 Å². The maximum Gasteiger partial charge on any atom is 0.430 e. The van der Waals surface area contributed by atoms with Crippen LogP contribution in [-0.2, 0) is 36.3 Å². The molecule has 0 saturated carbocycles. The molecule has 1 aliphatic rings. The van der Waals surface area contributed by atoms with Gasteiger partial charge in [0, 0.05) is 31.2 Å². The Bertz CT molecular complexity index is 1340. The zero-order valence-electron chi connectivity index (χ0n) is 20.7. The summed E-state index contributed by atoms with van der Waals surface area (Å²) >= 11 is 0. The van der Waals surface area contributed by atoms with Crippen LogP contribution in [0.2, 0.25) is 0 Å². The van der Waals surface area contributed by atoms with Gasteiger partial charge in [-0.2, -0.15) is 26.3 Å². The Morgan fingerprint density at radius 2 is 1.64 bits per heavy atom. The van der Waals surface area contributed by atoms with Gasteiger partial charge in [-0.1, -0.05) is 25.1 Å². The Kier molecular flexibility index (Phi) is 8.12. The highest BCUT2D eigenvalue weighted by molar-refractivity contribution is 7.90. The number of halogens is 6. The van der Waals surface area contributed by atoms with Crippen LogP contribution in [0.25, 0.3) is 0 Å². The van der Waals surface area contributed by atoms with Gasteiger partial charge in [0.2, 0.25) is 5.91 Å². The summed E-state index contributed by atoms with van der Waals surface area (Å²) in [5.41, 5.74) is -6.20. The number of carbonyl (C=O) groups is 2. The Morgan fingerprint density at radius 3 is 2.13 bits per heavy atom. The molecule has 2 atom stereocenters. The van der Waals surface area contributed by atoms with E-state index in [1.807, 2.05) is 0 Å². The smallest absolute Gasteiger partial charge is 0.384 e. The van der Waals surface area contributed by atoms with Gasteiger partial charge in [-0.3, -0.25) is 9.59 Å². The van der Waals surface area contributed by atoms with Gasteiger partial charge in [0.05, 0.1) is 17.4 Å². The molecule has 214 valence electrons. The fourth-order valence-corrected chi connectivity index (χ4v) is 4.92. The highest BCUT2D eigenvalue weighted by Gasteiger charge is 2.71. The first kappa shape index (κ1) is 30.4. The number of amides is 2. The Hall–Kier alpha value is -3.17. The molecule has 8 nitrogen and oxygen atoms in total. The second-order valence-electron chi connectivity index (χ2n) is 9.13. The zero-order chi connectivity index (χ0) is 29.6. The van der Waals surface area contributed by atoms with Gasteiger partial charge in [-0.25, -0.2) is 8.42 Å². The number of hydrogen-bond donors (Lipinski definition) is 2. The summed E-state index contributed by atoms with van der Waals surface area (Å²) in [4.78, 5) is 27.5. The third-order valence-corrected chi connectivity index (χ3v) is 7.36. The maximum absolute atomic E-state index is 13.3. The number of fused-ring (bicyclic) bond motifs is 1. The highest BCUT2D eigenvalue weighted by atomic mass is 32.2.